The number of nitrogens with one attached hydrogen (secondary N) is 1. The predicted octanol–water partition coefficient (Wildman–Crippen LogP) is 4.00. The third-order valence-electron chi connectivity index (χ3n) is 3.01. The minimum absolute atomic E-state index is 0.266. The topological polar surface area (TPSA) is 46.2 Å². The van der Waals surface area contributed by atoms with Crippen molar-refractivity contribution in [3.05, 3.63) is 59.2 Å². The molecular weight excluding hydrogens is 338 g/mol. The van der Waals surface area contributed by atoms with Crippen molar-refractivity contribution in [2.24, 2.45) is 0 Å². The third-order valence-corrected chi connectivity index (χ3v) is 5.04. The molecule has 20 heavy (non-hydrogen) atoms. The molecule has 0 bridgehead atoms. The fourth-order valence-electron chi connectivity index (χ4n) is 1.89. The van der Waals surface area contributed by atoms with Crippen LogP contribution in [0.2, 0.25) is 0 Å². The molecule has 0 unspecified atom stereocenters. The van der Waals surface area contributed by atoms with Gasteiger partial charge in [-0.3, -0.25) is 4.72 Å². The Morgan fingerprint density at radius 3 is 2.25 bits per heavy atom. The summed E-state index contributed by atoms with van der Waals surface area (Å²) in [5.41, 5.74) is 3.66. The Balaban J connectivity index is 2.30. The van der Waals surface area contributed by atoms with E-state index in [2.05, 4.69) is 20.7 Å². The predicted molar refractivity (Wildman–Crippen MR) is 85.8 cm³/mol. The lowest BCUT2D eigenvalue weighted by molar-refractivity contribution is 0.601. The molecule has 0 fully saturated rings. The molecule has 1 N–H and O–H groups in total. The summed E-state index contributed by atoms with van der Waals surface area (Å²) in [5.74, 6) is 0. The lowest BCUT2D eigenvalue weighted by Gasteiger charge is -2.11. The van der Waals surface area contributed by atoms with Gasteiger partial charge in [-0.25, -0.2) is 8.42 Å². The Morgan fingerprint density at radius 2 is 1.70 bits per heavy atom. The summed E-state index contributed by atoms with van der Waals surface area (Å²) in [5, 5.41) is 0.706. The molecule has 5 heteroatoms. The minimum atomic E-state index is -3.54. The van der Waals surface area contributed by atoms with Crippen LogP contribution in [0.3, 0.4) is 0 Å². The normalized spacial score (nSPS) is 11.3. The number of benzene rings is 2. The summed E-state index contributed by atoms with van der Waals surface area (Å²) in [7, 11) is -3.54. The van der Waals surface area contributed by atoms with Gasteiger partial charge in [-0.1, -0.05) is 45.8 Å². The van der Waals surface area contributed by atoms with Crippen LogP contribution >= 0.6 is 15.9 Å². The molecule has 0 aliphatic heterocycles. The second-order valence-corrected chi connectivity index (χ2v) is 6.94. The van der Waals surface area contributed by atoms with Crippen LogP contribution in [0.5, 0.6) is 0 Å². The van der Waals surface area contributed by atoms with Crippen LogP contribution in [0.4, 0.5) is 5.69 Å². The maximum Gasteiger partial charge on any atom is 0.261 e. The fraction of sp³-hybridized carbons (Fsp3) is 0.200. The Hall–Kier alpha value is -1.33. The highest BCUT2D eigenvalue weighted by atomic mass is 79.9. The van der Waals surface area contributed by atoms with E-state index in [1.165, 1.54) is 0 Å². The number of sulfonamides is 1. The summed E-state index contributed by atoms with van der Waals surface area (Å²) in [4.78, 5) is 0.266. The van der Waals surface area contributed by atoms with E-state index < -0.39 is 10.0 Å². The van der Waals surface area contributed by atoms with Crippen LogP contribution < -0.4 is 4.72 Å². The maximum absolute atomic E-state index is 12.3. The monoisotopic (exact) mass is 353 g/mol. The number of rotatable bonds is 4. The zero-order chi connectivity index (χ0) is 14.8. The van der Waals surface area contributed by atoms with Crippen LogP contribution in [0.1, 0.15) is 16.7 Å². The van der Waals surface area contributed by atoms with Crippen molar-refractivity contribution in [1.82, 2.24) is 0 Å². The Labute approximate surface area is 128 Å². The van der Waals surface area contributed by atoms with Gasteiger partial charge in [0, 0.05) is 5.33 Å². The summed E-state index contributed by atoms with van der Waals surface area (Å²) in [6.07, 6.45) is 0. The fourth-order valence-corrected chi connectivity index (χ4v) is 3.39. The zero-order valence-corrected chi connectivity index (χ0v) is 13.8. The summed E-state index contributed by atoms with van der Waals surface area (Å²) < 4.78 is 27.3. The van der Waals surface area contributed by atoms with Crippen LogP contribution in [0, 0.1) is 13.8 Å². The molecule has 106 valence electrons. The van der Waals surface area contributed by atoms with E-state index >= 15 is 0 Å². The average molecular weight is 354 g/mol. The van der Waals surface area contributed by atoms with Gasteiger partial charge in [0.1, 0.15) is 0 Å². The van der Waals surface area contributed by atoms with Crippen LogP contribution in [0.15, 0.2) is 47.4 Å². The molecule has 0 aliphatic rings. The highest BCUT2D eigenvalue weighted by Gasteiger charge is 2.14. The number of alkyl halides is 1. The Bertz CT molecular complexity index is 709. The molecule has 0 aliphatic carbocycles. The van der Waals surface area contributed by atoms with E-state index in [9.17, 15) is 8.42 Å². The summed E-state index contributed by atoms with van der Waals surface area (Å²) in [6.45, 7) is 3.86. The molecule has 0 atom stereocenters. The Kier molecular flexibility index (Phi) is 4.50. The van der Waals surface area contributed by atoms with Crippen molar-refractivity contribution < 1.29 is 8.42 Å². The van der Waals surface area contributed by atoms with E-state index in [1.54, 1.807) is 30.3 Å². The van der Waals surface area contributed by atoms with Gasteiger partial charge in [-0.05, 0) is 43.2 Å². The molecule has 2 aromatic carbocycles. The zero-order valence-electron chi connectivity index (χ0n) is 11.4. The minimum Gasteiger partial charge on any atom is -0.279 e. The molecule has 0 saturated carbocycles. The third kappa shape index (κ3) is 3.41. The molecule has 0 spiro atoms. The van der Waals surface area contributed by atoms with Crippen LogP contribution in [-0.4, -0.2) is 8.42 Å². The summed E-state index contributed by atoms with van der Waals surface area (Å²) in [6, 6.07) is 12.4. The SMILES string of the molecule is Cc1ccc(NS(=O)(=O)c2ccc(CBr)cc2)c(C)c1. The van der Waals surface area contributed by atoms with Crippen molar-refractivity contribution >= 4 is 31.6 Å². The van der Waals surface area contributed by atoms with Crippen LogP contribution in [-0.2, 0) is 15.4 Å². The molecule has 3 nitrogen and oxygen atoms in total. The molecule has 2 rings (SSSR count). The van der Waals surface area contributed by atoms with Crippen molar-refractivity contribution in [3.63, 3.8) is 0 Å². The molecular formula is C15H16BrNO2S. The van der Waals surface area contributed by atoms with Gasteiger partial charge in [0.25, 0.3) is 10.0 Å². The first-order valence-corrected chi connectivity index (χ1v) is 8.78. The van der Waals surface area contributed by atoms with Gasteiger partial charge < -0.3 is 0 Å². The maximum atomic E-state index is 12.3. The van der Waals surface area contributed by atoms with Crippen molar-refractivity contribution in [2.75, 3.05) is 4.72 Å². The molecule has 0 saturated heterocycles. The summed E-state index contributed by atoms with van der Waals surface area (Å²) >= 11 is 3.34. The van der Waals surface area contributed by atoms with E-state index in [-0.39, 0.29) is 4.90 Å². The highest BCUT2D eigenvalue weighted by molar-refractivity contribution is 9.08. The highest BCUT2D eigenvalue weighted by Crippen LogP contribution is 2.21. The number of hydrogen-bond donors (Lipinski definition) is 1. The standard InChI is InChI=1S/C15H16BrNO2S/c1-11-3-8-15(12(2)9-11)17-20(18,19)14-6-4-13(10-16)5-7-14/h3-9,17H,10H2,1-2H3. The smallest absolute Gasteiger partial charge is 0.261 e. The van der Waals surface area contributed by atoms with Gasteiger partial charge in [0.2, 0.25) is 0 Å². The number of aryl methyl sites for hydroxylation is 2. The lowest BCUT2D eigenvalue weighted by atomic mass is 10.1. The molecule has 0 radical (unpaired) electrons. The number of anilines is 1. The first-order chi connectivity index (χ1) is 9.42. The van der Waals surface area contributed by atoms with Gasteiger partial charge in [0.05, 0.1) is 10.6 Å². The van der Waals surface area contributed by atoms with Crippen molar-refractivity contribution in [1.29, 1.82) is 0 Å². The van der Waals surface area contributed by atoms with Gasteiger partial charge >= 0.3 is 0 Å². The average Bonchev–Trinajstić information content (AvgIpc) is 2.42. The second kappa shape index (κ2) is 5.97. The second-order valence-electron chi connectivity index (χ2n) is 4.70. The Morgan fingerprint density at radius 1 is 1.05 bits per heavy atom. The first-order valence-electron chi connectivity index (χ1n) is 6.17. The van der Waals surface area contributed by atoms with Gasteiger partial charge in [0.15, 0.2) is 0 Å². The number of hydrogen-bond acceptors (Lipinski definition) is 2. The van der Waals surface area contributed by atoms with E-state index in [1.807, 2.05) is 26.0 Å². The van der Waals surface area contributed by atoms with Crippen LogP contribution in [0.25, 0.3) is 0 Å². The molecule has 2 aromatic rings. The largest absolute Gasteiger partial charge is 0.279 e. The van der Waals surface area contributed by atoms with Crippen molar-refractivity contribution in [2.45, 2.75) is 24.1 Å². The molecule has 0 heterocycles. The molecule has 0 amide bonds. The molecule has 0 aromatic heterocycles. The van der Waals surface area contributed by atoms with E-state index in [4.69, 9.17) is 0 Å². The van der Waals surface area contributed by atoms with Crippen molar-refractivity contribution in [3.8, 4) is 0 Å². The van der Waals surface area contributed by atoms with Gasteiger partial charge in [-0.15, -0.1) is 0 Å². The first kappa shape index (κ1) is 15.1. The van der Waals surface area contributed by atoms with E-state index in [0.29, 0.717) is 11.0 Å². The van der Waals surface area contributed by atoms with Gasteiger partial charge in [-0.2, -0.15) is 0 Å². The lowest BCUT2D eigenvalue weighted by Crippen LogP contribution is -2.13. The number of halogens is 1. The van der Waals surface area contributed by atoms with E-state index in [0.717, 1.165) is 16.7 Å². The quantitative estimate of drug-likeness (QED) is 0.844.